The number of aryl methyl sites for hydroxylation is 1. The molecular weight excluding hydrogens is 260 g/mol. The standard InChI is InChI=1S/C14H16N2O4/c1-3-20-14(19)16-12(17)8-11(13(16)18)15-10-6-4-9(2)5-7-10/h4-7,11,15H,3,8H2,1-2H3. The predicted octanol–water partition coefficient (Wildman–Crippen LogP) is 1.69. The molecule has 1 N–H and O–H groups in total. The Hall–Kier alpha value is -2.37. The van der Waals surface area contributed by atoms with E-state index in [9.17, 15) is 14.4 Å². The minimum atomic E-state index is -0.907. The summed E-state index contributed by atoms with van der Waals surface area (Å²) in [5.74, 6) is -1.12. The van der Waals surface area contributed by atoms with E-state index >= 15 is 0 Å². The zero-order valence-corrected chi connectivity index (χ0v) is 11.4. The van der Waals surface area contributed by atoms with Crippen molar-refractivity contribution in [2.45, 2.75) is 26.3 Å². The van der Waals surface area contributed by atoms with Gasteiger partial charge in [-0.15, -0.1) is 0 Å². The van der Waals surface area contributed by atoms with Gasteiger partial charge in [0.2, 0.25) is 5.91 Å². The quantitative estimate of drug-likeness (QED) is 0.850. The average Bonchev–Trinajstić information content (AvgIpc) is 2.67. The molecule has 0 saturated carbocycles. The van der Waals surface area contributed by atoms with E-state index in [0.717, 1.165) is 11.3 Å². The number of anilines is 1. The smallest absolute Gasteiger partial charge is 0.423 e. The van der Waals surface area contributed by atoms with E-state index in [1.54, 1.807) is 6.92 Å². The van der Waals surface area contributed by atoms with Crippen LogP contribution in [0.25, 0.3) is 0 Å². The van der Waals surface area contributed by atoms with Crippen LogP contribution >= 0.6 is 0 Å². The van der Waals surface area contributed by atoms with Crippen LogP contribution in [0.3, 0.4) is 0 Å². The van der Waals surface area contributed by atoms with E-state index in [1.165, 1.54) is 0 Å². The van der Waals surface area contributed by atoms with Gasteiger partial charge in [-0.25, -0.2) is 4.79 Å². The summed E-state index contributed by atoms with van der Waals surface area (Å²) in [6.45, 7) is 3.69. The lowest BCUT2D eigenvalue weighted by atomic mass is 10.2. The predicted molar refractivity (Wildman–Crippen MR) is 72.1 cm³/mol. The normalized spacial score (nSPS) is 18.3. The number of amides is 3. The van der Waals surface area contributed by atoms with E-state index in [-0.39, 0.29) is 13.0 Å². The minimum absolute atomic E-state index is 0.0501. The monoisotopic (exact) mass is 276 g/mol. The lowest BCUT2D eigenvalue weighted by molar-refractivity contribution is -0.136. The Morgan fingerprint density at radius 2 is 2.00 bits per heavy atom. The molecule has 1 heterocycles. The van der Waals surface area contributed by atoms with E-state index in [4.69, 9.17) is 4.74 Å². The zero-order chi connectivity index (χ0) is 14.7. The van der Waals surface area contributed by atoms with Crippen LogP contribution in [0.2, 0.25) is 0 Å². The van der Waals surface area contributed by atoms with Gasteiger partial charge in [-0.05, 0) is 26.0 Å². The number of ether oxygens (including phenoxy) is 1. The first kappa shape index (κ1) is 14.0. The number of hydrogen-bond acceptors (Lipinski definition) is 5. The number of likely N-dealkylation sites (tertiary alicyclic amines) is 1. The van der Waals surface area contributed by atoms with E-state index in [1.807, 2.05) is 31.2 Å². The lowest BCUT2D eigenvalue weighted by Gasteiger charge is -2.14. The maximum Gasteiger partial charge on any atom is 0.423 e. The Bertz CT molecular complexity index is 539. The first-order chi connectivity index (χ1) is 9.52. The van der Waals surface area contributed by atoms with Crippen LogP contribution in [0.1, 0.15) is 18.9 Å². The fraction of sp³-hybridized carbons (Fsp3) is 0.357. The first-order valence-electron chi connectivity index (χ1n) is 6.39. The molecule has 0 aliphatic carbocycles. The van der Waals surface area contributed by atoms with Crippen LogP contribution in [0, 0.1) is 6.92 Å². The molecule has 0 radical (unpaired) electrons. The second-order valence-corrected chi connectivity index (χ2v) is 4.53. The van der Waals surface area contributed by atoms with E-state index < -0.39 is 23.9 Å². The molecule has 1 fully saturated rings. The lowest BCUT2D eigenvalue weighted by Crippen LogP contribution is -2.39. The third-order valence-electron chi connectivity index (χ3n) is 2.99. The number of imide groups is 3. The van der Waals surface area contributed by atoms with Crippen molar-refractivity contribution in [1.29, 1.82) is 0 Å². The maximum absolute atomic E-state index is 12.0. The highest BCUT2D eigenvalue weighted by molar-refractivity contribution is 6.16. The van der Waals surface area contributed by atoms with Crippen LogP contribution in [-0.2, 0) is 14.3 Å². The number of carbonyl (C=O) groups is 3. The fourth-order valence-electron chi connectivity index (χ4n) is 1.98. The van der Waals surface area contributed by atoms with Crippen molar-refractivity contribution in [1.82, 2.24) is 4.90 Å². The molecule has 6 heteroatoms. The van der Waals surface area contributed by atoms with Crippen molar-refractivity contribution in [2.24, 2.45) is 0 Å². The Morgan fingerprint density at radius 3 is 2.60 bits per heavy atom. The van der Waals surface area contributed by atoms with Gasteiger partial charge >= 0.3 is 6.09 Å². The summed E-state index contributed by atoms with van der Waals surface area (Å²) in [7, 11) is 0. The highest BCUT2D eigenvalue weighted by Crippen LogP contribution is 2.19. The van der Waals surface area contributed by atoms with Crippen molar-refractivity contribution >= 4 is 23.6 Å². The first-order valence-corrected chi connectivity index (χ1v) is 6.39. The highest BCUT2D eigenvalue weighted by atomic mass is 16.6. The van der Waals surface area contributed by atoms with Gasteiger partial charge in [0, 0.05) is 5.69 Å². The summed E-state index contributed by atoms with van der Waals surface area (Å²) in [4.78, 5) is 35.9. The summed E-state index contributed by atoms with van der Waals surface area (Å²) in [5.41, 5.74) is 1.82. The van der Waals surface area contributed by atoms with Crippen LogP contribution in [0.4, 0.5) is 10.5 Å². The Balaban J connectivity index is 2.08. The number of hydrogen-bond donors (Lipinski definition) is 1. The van der Waals surface area contributed by atoms with Crippen molar-refractivity contribution in [2.75, 3.05) is 11.9 Å². The molecular formula is C14H16N2O4. The molecule has 2 rings (SSSR count). The Morgan fingerprint density at radius 1 is 1.35 bits per heavy atom. The van der Waals surface area contributed by atoms with Crippen LogP contribution in [0.15, 0.2) is 24.3 Å². The van der Waals surface area contributed by atoms with Gasteiger partial charge < -0.3 is 10.1 Å². The Kier molecular flexibility index (Phi) is 4.02. The number of nitrogens with zero attached hydrogens (tertiary/aromatic N) is 1. The van der Waals surface area contributed by atoms with Crippen LogP contribution in [-0.4, -0.2) is 35.5 Å². The highest BCUT2D eigenvalue weighted by Gasteiger charge is 2.43. The van der Waals surface area contributed by atoms with Gasteiger partial charge in [-0.3, -0.25) is 9.59 Å². The van der Waals surface area contributed by atoms with Crippen LogP contribution < -0.4 is 5.32 Å². The second kappa shape index (κ2) is 5.73. The van der Waals surface area contributed by atoms with Crippen molar-refractivity contribution in [3.05, 3.63) is 29.8 Å². The molecule has 3 amide bonds. The second-order valence-electron chi connectivity index (χ2n) is 4.53. The molecule has 0 bridgehead atoms. The molecule has 0 aromatic heterocycles. The van der Waals surface area contributed by atoms with E-state index in [0.29, 0.717) is 4.90 Å². The summed E-state index contributed by atoms with van der Waals surface area (Å²) in [6.07, 6.45) is -0.957. The number of nitrogens with one attached hydrogen (secondary N) is 1. The summed E-state index contributed by atoms with van der Waals surface area (Å²) >= 11 is 0. The van der Waals surface area contributed by atoms with Gasteiger partial charge in [0.1, 0.15) is 6.04 Å². The Labute approximate surface area is 116 Å². The largest absolute Gasteiger partial charge is 0.449 e. The molecule has 1 atom stereocenters. The van der Waals surface area contributed by atoms with Gasteiger partial charge in [-0.2, -0.15) is 4.90 Å². The number of rotatable bonds is 3. The summed E-state index contributed by atoms with van der Waals surface area (Å²) < 4.78 is 4.70. The number of benzene rings is 1. The summed E-state index contributed by atoms with van der Waals surface area (Å²) in [5, 5.41) is 2.96. The molecule has 1 aromatic carbocycles. The SMILES string of the molecule is CCOC(=O)N1C(=O)CC(Nc2ccc(C)cc2)C1=O. The minimum Gasteiger partial charge on any atom is -0.449 e. The third-order valence-corrected chi connectivity index (χ3v) is 2.99. The molecule has 1 aliphatic rings. The molecule has 1 aliphatic heterocycles. The average molecular weight is 276 g/mol. The van der Waals surface area contributed by atoms with Gasteiger partial charge in [0.15, 0.2) is 0 Å². The van der Waals surface area contributed by atoms with Crippen LogP contribution in [0.5, 0.6) is 0 Å². The third kappa shape index (κ3) is 2.79. The number of carbonyl (C=O) groups excluding carboxylic acids is 3. The van der Waals surface area contributed by atoms with Crippen molar-refractivity contribution < 1.29 is 19.1 Å². The zero-order valence-electron chi connectivity index (χ0n) is 11.4. The molecule has 106 valence electrons. The molecule has 1 saturated heterocycles. The van der Waals surface area contributed by atoms with Gasteiger partial charge in [0.25, 0.3) is 5.91 Å². The van der Waals surface area contributed by atoms with Crippen molar-refractivity contribution in [3.8, 4) is 0 Å². The van der Waals surface area contributed by atoms with Crippen molar-refractivity contribution in [3.63, 3.8) is 0 Å². The molecule has 1 unspecified atom stereocenters. The molecule has 0 spiro atoms. The van der Waals surface area contributed by atoms with Gasteiger partial charge in [0.05, 0.1) is 13.0 Å². The maximum atomic E-state index is 12.0. The molecule has 6 nitrogen and oxygen atoms in total. The topological polar surface area (TPSA) is 75.7 Å². The summed E-state index contributed by atoms with van der Waals surface area (Å²) in [6, 6.07) is 6.70. The molecule has 1 aromatic rings. The van der Waals surface area contributed by atoms with E-state index in [2.05, 4.69) is 5.32 Å². The van der Waals surface area contributed by atoms with Gasteiger partial charge in [-0.1, -0.05) is 17.7 Å². The fourth-order valence-corrected chi connectivity index (χ4v) is 1.98. The molecule has 20 heavy (non-hydrogen) atoms.